The molecule has 3 rings (SSSR count). The van der Waals surface area contributed by atoms with E-state index in [1.807, 2.05) is 7.05 Å². The lowest BCUT2D eigenvalue weighted by Gasteiger charge is -2.43. The summed E-state index contributed by atoms with van der Waals surface area (Å²) in [5, 5.41) is 0.452. The molecular weight excluding hydrogens is 316 g/mol. The molecule has 2 fully saturated rings. The van der Waals surface area contributed by atoms with Gasteiger partial charge in [0.2, 0.25) is 5.91 Å². The maximum absolute atomic E-state index is 13.0. The van der Waals surface area contributed by atoms with Crippen molar-refractivity contribution in [2.45, 2.75) is 31.2 Å². The predicted molar refractivity (Wildman–Crippen MR) is 87.9 cm³/mol. The maximum Gasteiger partial charge on any atom is 0.254 e. The Kier molecular flexibility index (Phi) is 4.23. The summed E-state index contributed by atoms with van der Waals surface area (Å²) in [5.74, 6) is 0.455. The number of likely N-dealkylation sites (N-methyl/N-ethyl adjacent to an activating group) is 1. The Balaban J connectivity index is 1.95. The molecule has 2 amide bonds. The summed E-state index contributed by atoms with van der Waals surface area (Å²) < 4.78 is 5.19. The quantitative estimate of drug-likeness (QED) is 0.834. The van der Waals surface area contributed by atoms with Crippen molar-refractivity contribution in [2.75, 3.05) is 27.2 Å². The van der Waals surface area contributed by atoms with Gasteiger partial charge in [-0.25, -0.2) is 0 Å². The number of hydrogen-bond acceptors (Lipinski definition) is 3. The number of halogens is 1. The molecule has 2 heterocycles. The molecule has 0 saturated carbocycles. The molecule has 5 nitrogen and oxygen atoms in total. The monoisotopic (exact) mass is 336 g/mol. The Bertz CT molecular complexity index is 649. The smallest absolute Gasteiger partial charge is 0.254 e. The van der Waals surface area contributed by atoms with E-state index in [0.29, 0.717) is 22.9 Å². The number of ether oxygens (including phenoxy) is 1. The molecule has 1 aromatic rings. The van der Waals surface area contributed by atoms with Crippen LogP contribution in [-0.2, 0) is 4.79 Å². The number of amides is 2. The van der Waals surface area contributed by atoms with Gasteiger partial charge >= 0.3 is 0 Å². The van der Waals surface area contributed by atoms with Crippen LogP contribution in [0.4, 0.5) is 0 Å². The summed E-state index contributed by atoms with van der Waals surface area (Å²) in [5.41, 5.74) is -0.212. The highest BCUT2D eigenvalue weighted by molar-refractivity contribution is 6.31. The molecule has 0 aromatic heterocycles. The third kappa shape index (κ3) is 2.67. The first-order valence-corrected chi connectivity index (χ1v) is 8.28. The summed E-state index contributed by atoms with van der Waals surface area (Å²) in [4.78, 5) is 29.3. The third-order valence-electron chi connectivity index (χ3n) is 4.92. The van der Waals surface area contributed by atoms with E-state index in [9.17, 15) is 9.59 Å². The first-order chi connectivity index (χ1) is 11.0. The van der Waals surface area contributed by atoms with E-state index in [2.05, 4.69) is 0 Å². The van der Waals surface area contributed by atoms with Gasteiger partial charge in [0.1, 0.15) is 11.3 Å². The van der Waals surface area contributed by atoms with Crippen molar-refractivity contribution in [3.05, 3.63) is 28.8 Å². The summed E-state index contributed by atoms with van der Waals surface area (Å²) in [7, 11) is 3.35. The number of carbonyl (C=O) groups is 2. The van der Waals surface area contributed by atoms with Gasteiger partial charge in [0.15, 0.2) is 0 Å². The van der Waals surface area contributed by atoms with Crippen LogP contribution in [0.1, 0.15) is 36.0 Å². The topological polar surface area (TPSA) is 49.9 Å². The van der Waals surface area contributed by atoms with Crippen molar-refractivity contribution in [3.63, 3.8) is 0 Å². The van der Waals surface area contributed by atoms with E-state index in [0.717, 1.165) is 32.2 Å². The van der Waals surface area contributed by atoms with E-state index in [-0.39, 0.29) is 11.8 Å². The van der Waals surface area contributed by atoms with Crippen molar-refractivity contribution >= 4 is 23.4 Å². The second kappa shape index (κ2) is 6.04. The molecule has 1 spiro atoms. The highest BCUT2D eigenvalue weighted by Crippen LogP contribution is 2.39. The van der Waals surface area contributed by atoms with E-state index in [1.54, 1.807) is 28.0 Å². The minimum Gasteiger partial charge on any atom is -0.497 e. The normalized spacial score (nSPS) is 24.4. The molecule has 0 bridgehead atoms. The average Bonchev–Trinajstić information content (AvgIpc) is 2.95. The van der Waals surface area contributed by atoms with Gasteiger partial charge < -0.3 is 14.5 Å². The highest BCUT2D eigenvalue weighted by atomic mass is 35.5. The van der Waals surface area contributed by atoms with Gasteiger partial charge in [0, 0.05) is 30.7 Å². The first-order valence-electron chi connectivity index (χ1n) is 7.90. The highest BCUT2D eigenvalue weighted by Gasteiger charge is 2.52. The lowest BCUT2D eigenvalue weighted by atomic mass is 9.85. The number of methoxy groups -OCH3 is 1. The number of nitrogens with zero attached hydrogens (tertiary/aromatic N) is 2. The Morgan fingerprint density at radius 3 is 2.61 bits per heavy atom. The van der Waals surface area contributed by atoms with Crippen LogP contribution in [0.2, 0.25) is 5.02 Å². The number of benzene rings is 1. The Hall–Kier alpha value is -1.75. The zero-order valence-electron chi connectivity index (χ0n) is 13.5. The van der Waals surface area contributed by atoms with Crippen LogP contribution in [0, 0.1) is 0 Å². The van der Waals surface area contributed by atoms with Crippen molar-refractivity contribution in [3.8, 4) is 5.75 Å². The lowest BCUT2D eigenvalue weighted by Crippen LogP contribution is -2.60. The van der Waals surface area contributed by atoms with E-state index in [1.165, 1.54) is 7.11 Å². The van der Waals surface area contributed by atoms with Crippen LogP contribution in [0.25, 0.3) is 0 Å². The van der Waals surface area contributed by atoms with Crippen LogP contribution < -0.4 is 4.74 Å². The van der Waals surface area contributed by atoms with Crippen molar-refractivity contribution in [2.24, 2.45) is 0 Å². The van der Waals surface area contributed by atoms with Gasteiger partial charge in [-0.15, -0.1) is 0 Å². The number of carbonyl (C=O) groups excluding carboxylic acids is 2. The van der Waals surface area contributed by atoms with E-state index >= 15 is 0 Å². The fourth-order valence-corrected chi connectivity index (χ4v) is 4.01. The minimum atomic E-state index is -0.681. The Morgan fingerprint density at radius 2 is 1.91 bits per heavy atom. The van der Waals surface area contributed by atoms with Crippen LogP contribution in [-0.4, -0.2) is 54.4 Å². The summed E-state index contributed by atoms with van der Waals surface area (Å²) >= 11 is 6.08. The molecule has 6 heteroatoms. The predicted octanol–water partition coefficient (Wildman–Crippen LogP) is 2.58. The zero-order chi connectivity index (χ0) is 16.6. The Labute approximate surface area is 141 Å². The molecule has 23 heavy (non-hydrogen) atoms. The SMILES string of the molecule is COc1cc(Cl)cc(C(=O)N2CCCC23CCCN(C)C3=O)c1. The minimum absolute atomic E-state index is 0.0589. The maximum atomic E-state index is 13.0. The summed E-state index contributed by atoms with van der Waals surface area (Å²) in [6.07, 6.45) is 3.24. The molecule has 2 aliphatic heterocycles. The summed E-state index contributed by atoms with van der Waals surface area (Å²) in [6, 6.07) is 4.98. The van der Waals surface area contributed by atoms with Gasteiger partial charge in [-0.2, -0.15) is 0 Å². The molecule has 0 N–H and O–H groups in total. The van der Waals surface area contributed by atoms with Crippen molar-refractivity contribution in [1.82, 2.24) is 9.80 Å². The molecule has 0 aliphatic carbocycles. The third-order valence-corrected chi connectivity index (χ3v) is 5.13. The second-order valence-corrected chi connectivity index (χ2v) is 6.74. The second-order valence-electron chi connectivity index (χ2n) is 6.30. The number of piperidine rings is 1. The molecule has 1 unspecified atom stereocenters. The Morgan fingerprint density at radius 1 is 1.22 bits per heavy atom. The number of rotatable bonds is 2. The van der Waals surface area contributed by atoms with Gasteiger partial charge in [0.25, 0.3) is 5.91 Å². The van der Waals surface area contributed by atoms with E-state index in [4.69, 9.17) is 16.3 Å². The molecular formula is C17H21ClN2O3. The molecule has 1 atom stereocenters. The van der Waals surface area contributed by atoms with Crippen LogP contribution in [0.3, 0.4) is 0 Å². The van der Waals surface area contributed by atoms with Gasteiger partial charge in [-0.3, -0.25) is 9.59 Å². The van der Waals surface area contributed by atoms with Gasteiger partial charge in [0.05, 0.1) is 7.11 Å². The zero-order valence-corrected chi connectivity index (χ0v) is 14.2. The fourth-order valence-electron chi connectivity index (χ4n) is 3.79. The first kappa shape index (κ1) is 16.1. The van der Waals surface area contributed by atoms with Crippen LogP contribution in [0.5, 0.6) is 5.75 Å². The molecule has 1 aromatic carbocycles. The van der Waals surface area contributed by atoms with E-state index < -0.39 is 5.54 Å². The van der Waals surface area contributed by atoms with Crippen LogP contribution >= 0.6 is 11.6 Å². The number of likely N-dealkylation sites (tertiary alicyclic amines) is 2. The molecule has 124 valence electrons. The molecule has 0 radical (unpaired) electrons. The largest absolute Gasteiger partial charge is 0.497 e. The van der Waals surface area contributed by atoms with Crippen molar-refractivity contribution < 1.29 is 14.3 Å². The molecule has 2 saturated heterocycles. The fraction of sp³-hybridized carbons (Fsp3) is 0.529. The standard InChI is InChI=1S/C17H21ClN2O3/c1-19-7-3-5-17(16(19)22)6-4-8-20(17)15(21)12-9-13(18)11-14(10-12)23-2/h9-11H,3-8H2,1-2H3. The van der Waals surface area contributed by atoms with Crippen molar-refractivity contribution in [1.29, 1.82) is 0 Å². The average molecular weight is 337 g/mol. The van der Waals surface area contributed by atoms with Gasteiger partial charge in [-0.05, 0) is 43.9 Å². The lowest BCUT2D eigenvalue weighted by molar-refractivity contribution is -0.144. The van der Waals surface area contributed by atoms with Crippen LogP contribution in [0.15, 0.2) is 18.2 Å². The molecule has 2 aliphatic rings. The summed E-state index contributed by atoms with van der Waals surface area (Å²) in [6.45, 7) is 1.36. The number of hydrogen-bond donors (Lipinski definition) is 0. The van der Waals surface area contributed by atoms with Gasteiger partial charge in [-0.1, -0.05) is 11.6 Å².